The fraction of sp³-hybridized carbons (Fsp3) is 0.581. The minimum atomic E-state index is -3.79. The summed E-state index contributed by atoms with van der Waals surface area (Å²) in [5, 5.41) is 13.7. The van der Waals surface area contributed by atoms with Crippen LogP contribution in [0.2, 0.25) is 51.4 Å². The Morgan fingerprint density at radius 1 is 0.956 bits per heavy atom. The molecule has 1 atom stereocenters. The molecule has 254 valence electrons. The van der Waals surface area contributed by atoms with E-state index < -0.39 is 38.2 Å². The van der Waals surface area contributed by atoms with Crippen molar-refractivity contribution in [3.8, 4) is 11.5 Å². The standard InChI is InChI=1S/C31H51BrN2O8SSi2/c1-23-16-26(32)17-24(2)31(23)41-20-30(36)33-19-28(35)25-10-11-29(42-22-40-13-15-45(7,8)9)27(18-25)34(43(3,37)38)21-39-12-14-44(4,5)6/h10-11,16-18,28,35H,12-15,19-22H2,1-9H3,(H,33,36). The van der Waals surface area contributed by atoms with Crippen molar-refractivity contribution in [3.63, 3.8) is 0 Å². The molecule has 0 heterocycles. The summed E-state index contributed by atoms with van der Waals surface area (Å²) >= 11 is 3.45. The Hall–Kier alpha value is -1.95. The number of hydrogen-bond acceptors (Lipinski definition) is 8. The van der Waals surface area contributed by atoms with Gasteiger partial charge in [-0.3, -0.25) is 4.79 Å². The number of sulfonamides is 1. The van der Waals surface area contributed by atoms with Gasteiger partial charge in [-0.05, 0) is 66.9 Å². The van der Waals surface area contributed by atoms with Crippen LogP contribution in [0, 0.1) is 13.8 Å². The Morgan fingerprint density at radius 3 is 2.09 bits per heavy atom. The molecule has 0 aromatic heterocycles. The number of benzene rings is 2. The van der Waals surface area contributed by atoms with Crippen molar-refractivity contribution in [3.05, 3.63) is 51.5 Å². The molecule has 2 N–H and O–H groups in total. The van der Waals surface area contributed by atoms with Crippen molar-refractivity contribution < 1.29 is 37.3 Å². The lowest BCUT2D eigenvalue weighted by Crippen LogP contribution is -2.34. The monoisotopic (exact) mass is 746 g/mol. The van der Waals surface area contributed by atoms with Gasteiger partial charge in [-0.1, -0.05) is 61.3 Å². The molecule has 2 aromatic rings. The van der Waals surface area contributed by atoms with E-state index in [9.17, 15) is 18.3 Å². The third-order valence-corrected chi connectivity index (χ3v) is 11.8. The molecule has 0 bridgehead atoms. The summed E-state index contributed by atoms with van der Waals surface area (Å²) in [6, 6.07) is 10.4. The van der Waals surface area contributed by atoms with Crippen LogP contribution in [0.1, 0.15) is 22.8 Å². The molecule has 0 spiro atoms. The highest BCUT2D eigenvalue weighted by atomic mass is 79.9. The van der Waals surface area contributed by atoms with Gasteiger partial charge in [0.1, 0.15) is 18.2 Å². The van der Waals surface area contributed by atoms with Crippen LogP contribution >= 0.6 is 15.9 Å². The summed E-state index contributed by atoms with van der Waals surface area (Å²) in [5.41, 5.74) is 2.40. The van der Waals surface area contributed by atoms with Crippen molar-refractivity contribution in [1.29, 1.82) is 0 Å². The van der Waals surface area contributed by atoms with Crippen LogP contribution in [-0.2, 0) is 24.3 Å². The summed E-state index contributed by atoms with van der Waals surface area (Å²) < 4.78 is 51.1. The second-order valence-electron chi connectivity index (χ2n) is 13.6. The van der Waals surface area contributed by atoms with Crippen LogP contribution < -0.4 is 19.1 Å². The van der Waals surface area contributed by atoms with Crippen molar-refractivity contribution in [2.45, 2.75) is 71.3 Å². The van der Waals surface area contributed by atoms with Crippen molar-refractivity contribution in [2.24, 2.45) is 0 Å². The van der Waals surface area contributed by atoms with Gasteiger partial charge < -0.3 is 29.4 Å². The van der Waals surface area contributed by atoms with Gasteiger partial charge in [0, 0.05) is 40.4 Å². The maximum atomic E-state index is 12.9. The molecule has 0 saturated heterocycles. The largest absolute Gasteiger partial charge is 0.483 e. The molecule has 0 fully saturated rings. The first-order valence-corrected chi connectivity index (χ1v) is 25.1. The molecule has 45 heavy (non-hydrogen) atoms. The van der Waals surface area contributed by atoms with Crippen LogP contribution in [0.5, 0.6) is 11.5 Å². The van der Waals surface area contributed by atoms with Gasteiger partial charge in [0.05, 0.1) is 18.0 Å². The number of aliphatic hydroxyl groups is 1. The van der Waals surface area contributed by atoms with Gasteiger partial charge in [0.25, 0.3) is 5.91 Å². The van der Waals surface area contributed by atoms with E-state index in [1.54, 1.807) is 18.2 Å². The van der Waals surface area contributed by atoms with E-state index in [1.165, 1.54) is 0 Å². The minimum absolute atomic E-state index is 0.0547. The number of amides is 1. The number of aryl methyl sites for hydroxylation is 2. The number of halogens is 1. The van der Waals surface area contributed by atoms with E-state index in [0.29, 0.717) is 24.5 Å². The Kier molecular flexibility index (Phi) is 15.1. The molecule has 0 radical (unpaired) electrons. The summed E-state index contributed by atoms with van der Waals surface area (Å²) in [7, 11) is -6.47. The topological polar surface area (TPSA) is 124 Å². The second-order valence-corrected chi connectivity index (χ2v) is 27.7. The van der Waals surface area contributed by atoms with E-state index >= 15 is 0 Å². The maximum Gasteiger partial charge on any atom is 0.258 e. The lowest BCUT2D eigenvalue weighted by Gasteiger charge is -2.26. The van der Waals surface area contributed by atoms with E-state index in [-0.39, 0.29) is 38.1 Å². The Balaban J connectivity index is 2.19. The molecule has 2 rings (SSSR count). The van der Waals surface area contributed by atoms with Gasteiger partial charge in [-0.2, -0.15) is 0 Å². The van der Waals surface area contributed by atoms with Crippen LogP contribution in [0.4, 0.5) is 5.69 Å². The van der Waals surface area contributed by atoms with Crippen LogP contribution in [-0.4, -0.2) is 81.7 Å². The van der Waals surface area contributed by atoms with Gasteiger partial charge in [-0.15, -0.1) is 0 Å². The average Bonchev–Trinajstić information content (AvgIpc) is 2.89. The third kappa shape index (κ3) is 14.6. The summed E-state index contributed by atoms with van der Waals surface area (Å²) in [6.07, 6.45) is -0.0264. The summed E-state index contributed by atoms with van der Waals surface area (Å²) in [5.74, 6) is 0.502. The van der Waals surface area contributed by atoms with Crippen LogP contribution in [0.15, 0.2) is 34.8 Å². The molecule has 0 aliphatic heterocycles. The highest BCUT2D eigenvalue weighted by molar-refractivity contribution is 9.10. The molecule has 14 heteroatoms. The number of nitrogens with one attached hydrogen (secondary N) is 1. The third-order valence-electron chi connectivity index (χ3n) is 6.80. The van der Waals surface area contributed by atoms with Crippen molar-refractivity contribution >= 4 is 53.7 Å². The molecule has 0 saturated carbocycles. The zero-order chi connectivity index (χ0) is 34.0. The highest BCUT2D eigenvalue weighted by Gasteiger charge is 2.25. The lowest BCUT2D eigenvalue weighted by molar-refractivity contribution is -0.123. The first-order valence-electron chi connectivity index (χ1n) is 15.0. The van der Waals surface area contributed by atoms with E-state index in [2.05, 4.69) is 60.5 Å². The summed E-state index contributed by atoms with van der Waals surface area (Å²) in [4.78, 5) is 12.6. The summed E-state index contributed by atoms with van der Waals surface area (Å²) in [6.45, 7) is 17.6. The zero-order valence-electron chi connectivity index (χ0n) is 28.2. The van der Waals surface area contributed by atoms with Crippen LogP contribution in [0.3, 0.4) is 0 Å². The molecule has 1 unspecified atom stereocenters. The predicted molar refractivity (Wildman–Crippen MR) is 189 cm³/mol. The zero-order valence-corrected chi connectivity index (χ0v) is 32.6. The van der Waals surface area contributed by atoms with Gasteiger partial charge >= 0.3 is 0 Å². The van der Waals surface area contributed by atoms with Gasteiger partial charge in [-0.25, -0.2) is 12.7 Å². The number of carbonyl (C=O) groups is 1. The van der Waals surface area contributed by atoms with Gasteiger partial charge in [0.15, 0.2) is 13.4 Å². The minimum Gasteiger partial charge on any atom is -0.483 e. The molecule has 0 aliphatic rings. The number of nitrogens with zero attached hydrogens (tertiary/aromatic N) is 1. The lowest BCUT2D eigenvalue weighted by atomic mass is 10.1. The first-order chi connectivity index (χ1) is 20.8. The fourth-order valence-electron chi connectivity index (χ4n) is 4.11. The average molecular weight is 748 g/mol. The number of carbonyl (C=O) groups excluding carboxylic acids is 1. The van der Waals surface area contributed by atoms with E-state index in [1.807, 2.05) is 26.0 Å². The molecule has 10 nitrogen and oxygen atoms in total. The van der Waals surface area contributed by atoms with Gasteiger partial charge in [0.2, 0.25) is 10.0 Å². The van der Waals surface area contributed by atoms with E-state index in [4.69, 9.17) is 18.9 Å². The Labute approximate surface area is 280 Å². The first kappa shape index (κ1) is 39.2. The number of rotatable bonds is 19. The SMILES string of the molecule is Cc1cc(Br)cc(C)c1OCC(=O)NCC(O)c1ccc(OCOCC[Si](C)(C)C)c(N(COCC[Si](C)(C)C)S(C)(=O)=O)c1. The Morgan fingerprint density at radius 2 is 1.53 bits per heavy atom. The quantitative estimate of drug-likeness (QED) is 0.101. The molecule has 2 aromatic carbocycles. The second kappa shape index (κ2) is 17.3. The number of ether oxygens (including phenoxy) is 4. The smallest absolute Gasteiger partial charge is 0.258 e. The van der Waals surface area contributed by atoms with E-state index in [0.717, 1.165) is 38.2 Å². The normalized spacial score (nSPS) is 13.0. The number of hydrogen-bond donors (Lipinski definition) is 2. The molecule has 0 aliphatic carbocycles. The van der Waals surface area contributed by atoms with Crippen LogP contribution in [0.25, 0.3) is 0 Å². The number of anilines is 1. The van der Waals surface area contributed by atoms with Crippen molar-refractivity contribution in [1.82, 2.24) is 5.32 Å². The molecular formula is C31H51BrN2O8SSi2. The molecular weight excluding hydrogens is 696 g/mol. The molecule has 1 amide bonds. The maximum absolute atomic E-state index is 12.9. The van der Waals surface area contributed by atoms with Crippen molar-refractivity contribution in [2.75, 3.05) is 50.5 Å². The fourth-order valence-corrected chi connectivity index (χ4v) is 7.08. The number of aliphatic hydroxyl groups excluding tert-OH is 1. The predicted octanol–water partition coefficient (Wildman–Crippen LogP) is 6.06. The Bertz CT molecular complexity index is 1360. The highest BCUT2D eigenvalue weighted by Crippen LogP contribution is 2.33.